The number of carbonyl (C=O) groups excluding carboxylic acids is 4. The molecule has 5 N–H and O–H groups in total. The van der Waals surface area contributed by atoms with Gasteiger partial charge in [-0.25, -0.2) is 0 Å². The van der Waals surface area contributed by atoms with Crippen molar-refractivity contribution in [2.45, 2.75) is 109 Å². The minimum Gasteiger partial charge on any atom is -0.393 e. The highest BCUT2D eigenvalue weighted by atomic mass is 16.7. The molecule has 1 heterocycles. The molecule has 238 valence electrons. The van der Waals surface area contributed by atoms with E-state index >= 15 is 0 Å². The van der Waals surface area contributed by atoms with Crippen LogP contribution in [0.1, 0.15) is 73.1 Å². The summed E-state index contributed by atoms with van der Waals surface area (Å²) in [5.41, 5.74) is 4.22. The van der Waals surface area contributed by atoms with E-state index in [0.29, 0.717) is 19.3 Å². The van der Waals surface area contributed by atoms with Crippen molar-refractivity contribution in [1.82, 2.24) is 10.6 Å². The summed E-state index contributed by atoms with van der Waals surface area (Å²) < 4.78 is 18.7. The second-order valence-electron chi connectivity index (χ2n) is 13.6. The van der Waals surface area contributed by atoms with E-state index in [2.05, 4.69) is 24.5 Å². The van der Waals surface area contributed by atoms with E-state index in [1.54, 1.807) is 12.2 Å². The zero-order valence-corrected chi connectivity index (χ0v) is 25.9. The molecule has 4 aliphatic carbocycles. The monoisotopic (exact) mass is 601 g/mol. The van der Waals surface area contributed by atoms with Crippen LogP contribution < -0.4 is 16.4 Å². The van der Waals surface area contributed by atoms with E-state index in [1.807, 2.05) is 13.0 Å². The lowest BCUT2D eigenvalue weighted by atomic mass is 9.46. The second-order valence-corrected chi connectivity index (χ2v) is 13.6. The minimum absolute atomic E-state index is 0.00895. The molecule has 2 unspecified atom stereocenters. The molecule has 4 fully saturated rings. The molecule has 0 spiro atoms. The topological polar surface area (TPSA) is 166 Å². The number of hydrogen-bond donors (Lipinski definition) is 4. The molecule has 1 saturated heterocycles. The van der Waals surface area contributed by atoms with Crippen molar-refractivity contribution in [3.05, 3.63) is 23.8 Å². The largest absolute Gasteiger partial charge is 0.393 e. The normalized spacial score (nSPS) is 40.8. The molecule has 11 atom stereocenters. The highest BCUT2D eigenvalue weighted by molar-refractivity contribution is 6.01. The summed E-state index contributed by atoms with van der Waals surface area (Å²) in [6.45, 7) is 8.75. The van der Waals surface area contributed by atoms with Gasteiger partial charge in [0.15, 0.2) is 23.5 Å². The Morgan fingerprint density at radius 2 is 1.98 bits per heavy atom. The number of Topliss-reactive ketones (excluding diaryl/α,β-unsaturated/α-hetero) is 1. The number of carbonyl (C=O) groups is 4. The number of rotatable bonds is 10. The summed E-state index contributed by atoms with van der Waals surface area (Å²) in [5, 5.41) is 16.9. The molecule has 0 aromatic heterocycles. The molecule has 1 aliphatic heterocycles. The van der Waals surface area contributed by atoms with E-state index in [0.717, 1.165) is 24.8 Å². The maximum absolute atomic E-state index is 14.2. The lowest BCUT2D eigenvalue weighted by Gasteiger charge is -2.59. The zero-order valence-electron chi connectivity index (χ0n) is 25.9. The highest BCUT2D eigenvalue weighted by Gasteiger charge is 2.75. The quantitative estimate of drug-likeness (QED) is 0.215. The molecule has 11 nitrogen and oxygen atoms in total. The fourth-order valence-electron chi connectivity index (χ4n) is 8.94. The van der Waals surface area contributed by atoms with Gasteiger partial charge in [-0.15, -0.1) is 0 Å². The minimum atomic E-state index is -1.29. The van der Waals surface area contributed by atoms with Crippen LogP contribution in [0.2, 0.25) is 0 Å². The summed E-state index contributed by atoms with van der Waals surface area (Å²) >= 11 is 0. The third-order valence-electron chi connectivity index (χ3n) is 11.0. The van der Waals surface area contributed by atoms with Crippen molar-refractivity contribution in [2.24, 2.45) is 34.3 Å². The maximum atomic E-state index is 14.2. The van der Waals surface area contributed by atoms with Crippen LogP contribution in [-0.4, -0.2) is 78.0 Å². The number of hydrogen-bond acceptors (Lipinski definition) is 9. The first-order chi connectivity index (χ1) is 20.3. The summed E-state index contributed by atoms with van der Waals surface area (Å²) in [6.07, 6.45) is 7.68. The van der Waals surface area contributed by atoms with Gasteiger partial charge in [0.1, 0.15) is 19.4 Å². The average Bonchev–Trinajstić information content (AvgIpc) is 3.43. The fourth-order valence-corrected chi connectivity index (χ4v) is 8.94. The van der Waals surface area contributed by atoms with Crippen molar-refractivity contribution in [3.63, 3.8) is 0 Å². The summed E-state index contributed by atoms with van der Waals surface area (Å²) in [7, 11) is 0. The SMILES string of the molecule is CCCC1O[C@@H]2C[C@H]3[C@@H]4CCC5=CC(=O)C=C[C@]5(C)[C@H]4[C@@H](O)CC3(C)[C@]2(C(=O)COCNC(=O)[C@H](C)NC(=O)[C@H](C)N)O1. The molecule has 0 aromatic rings. The third-order valence-corrected chi connectivity index (χ3v) is 11.0. The molecule has 43 heavy (non-hydrogen) atoms. The Labute approximate surface area is 253 Å². The standard InChI is InChI=1S/C32H47N3O8/c1-6-7-26-42-25-13-22-21-9-8-19-12-20(36)10-11-30(19,4)27(21)23(37)14-31(22,5)32(25,43-26)24(38)15-41-16-34-29(40)18(3)35-28(39)17(2)33/h10-12,17-18,21-23,25-27,37H,6-9,13-16,33H2,1-5H3,(H,34,40)(H,35,39)/t17-,18-,21-,22-,23-,25+,26?,27+,30-,31?,32+/m0/s1. The number of allylic oxidation sites excluding steroid dienone is 4. The lowest BCUT2D eigenvalue weighted by Crippen LogP contribution is -2.63. The second kappa shape index (κ2) is 11.8. The van der Waals surface area contributed by atoms with Crippen LogP contribution in [0, 0.1) is 28.6 Å². The first-order valence-corrected chi connectivity index (χ1v) is 15.7. The molecular formula is C32H47N3O8. The van der Waals surface area contributed by atoms with Crippen LogP contribution in [-0.2, 0) is 33.4 Å². The number of fused-ring (bicyclic) bond motifs is 7. The number of amides is 2. The van der Waals surface area contributed by atoms with Gasteiger partial charge in [-0.1, -0.05) is 38.8 Å². The molecule has 11 heteroatoms. The molecule has 5 aliphatic rings. The number of aliphatic hydroxyl groups is 1. The molecule has 0 bridgehead atoms. The van der Waals surface area contributed by atoms with E-state index in [4.69, 9.17) is 19.9 Å². The maximum Gasteiger partial charge on any atom is 0.244 e. The molecular weight excluding hydrogens is 554 g/mol. The number of nitrogens with one attached hydrogen (secondary N) is 2. The van der Waals surface area contributed by atoms with Crippen molar-refractivity contribution in [3.8, 4) is 0 Å². The number of aliphatic hydroxyl groups excluding tert-OH is 1. The summed E-state index contributed by atoms with van der Waals surface area (Å²) in [5.74, 6) is -1.08. The van der Waals surface area contributed by atoms with Gasteiger partial charge in [-0.2, -0.15) is 0 Å². The van der Waals surface area contributed by atoms with Gasteiger partial charge in [0.25, 0.3) is 0 Å². The summed E-state index contributed by atoms with van der Waals surface area (Å²) in [4.78, 5) is 50.6. The first-order valence-electron chi connectivity index (χ1n) is 15.7. The van der Waals surface area contributed by atoms with Gasteiger partial charge in [-0.3, -0.25) is 19.2 Å². The Morgan fingerprint density at radius 1 is 1.23 bits per heavy atom. The molecule has 0 radical (unpaired) electrons. The Hall–Kier alpha value is -2.44. The van der Waals surface area contributed by atoms with Crippen LogP contribution in [0.5, 0.6) is 0 Å². The molecule has 3 saturated carbocycles. The van der Waals surface area contributed by atoms with Gasteiger partial charge in [0.05, 0.1) is 18.2 Å². The van der Waals surface area contributed by atoms with Crippen LogP contribution in [0.25, 0.3) is 0 Å². The Morgan fingerprint density at radius 3 is 2.67 bits per heavy atom. The predicted molar refractivity (Wildman–Crippen MR) is 156 cm³/mol. The third kappa shape index (κ3) is 5.20. The van der Waals surface area contributed by atoms with E-state index < -0.39 is 58.8 Å². The van der Waals surface area contributed by atoms with Crippen LogP contribution in [0.15, 0.2) is 23.8 Å². The Bertz CT molecular complexity index is 1220. The van der Waals surface area contributed by atoms with Crippen molar-refractivity contribution in [1.29, 1.82) is 0 Å². The lowest BCUT2D eigenvalue weighted by molar-refractivity contribution is -0.201. The van der Waals surface area contributed by atoms with Crippen molar-refractivity contribution >= 4 is 23.4 Å². The average molecular weight is 602 g/mol. The van der Waals surface area contributed by atoms with Crippen LogP contribution in [0.3, 0.4) is 0 Å². The van der Waals surface area contributed by atoms with Crippen molar-refractivity contribution in [2.75, 3.05) is 13.3 Å². The number of nitrogens with two attached hydrogens (primary N) is 1. The van der Waals surface area contributed by atoms with E-state index in [1.165, 1.54) is 13.8 Å². The fraction of sp³-hybridized carbons (Fsp3) is 0.750. The first kappa shape index (κ1) is 32.0. The zero-order chi connectivity index (χ0) is 31.3. The number of ketones is 2. The Balaban J connectivity index is 1.33. The van der Waals surface area contributed by atoms with Crippen LogP contribution >= 0.6 is 0 Å². The van der Waals surface area contributed by atoms with Gasteiger partial charge in [-0.05, 0) is 69.9 Å². The van der Waals surface area contributed by atoms with E-state index in [-0.39, 0.29) is 42.7 Å². The van der Waals surface area contributed by atoms with Gasteiger partial charge >= 0.3 is 0 Å². The van der Waals surface area contributed by atoms with Crippen LogP contribution in [0.4, 0.5) is 0 Å². The van der Waals surface area contributed by atoms with Gasteiger partial charge in [0.2, 0.25) is 11.8 Å². The van der Waals surface area contributed by atoms with Gasteiger partial charge < -0.3 is 35.7 Å². The molecule has 0 aromatic carbocycles. The predicted octanol–water partition coefficient (Wildman–Crippen LogP) is 1.67. The molecule has 2 amide bonds. The summed E-state index contributed by atoms with van der Waals surface area (Å²) in [6, 6.07) is -1.57. The smallest absolute Gasteiger partial charge is 0.244 e. The van der Waals surface area contributed by atoms with E-state index in [9.17, 15) is 24.3 Å². The number of ether oxygens (including phenoxy) is 3. The highest BCUT2D eigenvalue weighted by Crippen LogP contribution is 2.69. The molecule has 5 rings (SSSR count). The van der Waals surface area contributed by atoms with Gasteiger partial charge in [0, 0.05) is 16.7 Å². The van der Waals surface area contributed by atoms with Crippen molar-refractivity contribution < 1.29 is 38.5 Å². The Kier molecular flexibility index (Phi) is 8.78.